The molecule has 0 radical (unpaired) electrons. The first-order valence-corrected chi connectivity index (χ1v) is 13.1. The maximum atomic E-state index is 12.2. The summed E-state index contributed by atoms with van der Waals surface area (Å²) in [5.41, 5.74) is 1.01. The molecule has 0 aliphatic rings. The highest BCUT2D eigenvalue weighted by Gasteiger charge is 2.24. The van der Waals surface area contributed by atoms with Gasteiger partial charge in [0.25, 0.3) is 0 Å². The number of hydrazone groups is 1. The Hall–Kier alpha value is -2.14. The number of nitrogens with zero attached hydrogens (tertiary/aromatic N) is 2. The summed E-state index contributed by atoms with van der Waals surface area (Å²) in [4.78, 5) is 0. The molecule has 0 aliphatic heterocycles. The van der Waals surface area contributed by atoms with Gasteiger partial charge in [0.1, 0.15) is 17.7 Å². The van der Waals surface area contributed by atoms with Gasteiger partial charge in [0.05, 0.1) is 26.4 Å². The second-order valence-electron chi connectivity index (χ2n) is 6.16. The minimum Gasteiger partial charge on any atom is -0.595 e. The molecule has 2 aromatic rings. The van der Waals surface area contributed by atoms with E-state index in [0.717, 1.165) is 11.3 Å². The molecule has 0 spiro atoms. The Bertz CT molecular complexity index is 984. The average molecular weight is 503 g/mol. The van der Waals surface area contributed by atoms with Crippen molar-refractivity contribution in [3.05, 3.63) is 53.2 Å². The normalized spacial score (nSPS) is 13.0. The van der Waals surface area contributed by atoms with Gasteiger partial charge in [-0.1, -0.05) is 4.78 Å². The van der Waals surface area contributed by atoms with Crippen LogP contribution in [0.15, 0.2) is 47.6 Å². The monoisotopic (exact) mass is 503 g/mol. The number of rotatable bonds is 12. The summed E-state index contributed by atoms with van der Waals surface area (Å²) in [7, 11) is 0.798. The van der Waals surface area contributed by atoms with Crippen LogP contribution in [0.3, 0.4) is 0 Å². The SMILES string of the molecule is COc1ccc(/C=N\N(C)[P+](=S)Oc2ccc(NCP(=O)(OC)OC)c([NH+]([O-])O)c2)cc1. The van der Waals surface area contributed by atoms with Crippen molar-refractivity contribution >= 4 is 44.1 Å². The van der Waals surface area contributed by atoms with Crippen LogP contribution in [0.25, 0.3) is 0 Å². The summed E-state index contributed by atoms with van der Waals surface area (Å²) in [6, 6.07) is 11.7. The van der Waals surface area contributed by atoms with E-state index in [0.29, 0.717) is 0 Å². The zero-order valence-electron chi connectivity index (χ0n) is 17.9. The topological polar surface area (TPSA) is 129 Å². The van der Waals surface area contributed by atoms with Gasteiger partial charge in [0.15, 0.2) is 11.4 Å². The second kappa shape index (κ2) is 12.2. The lowest BCUT2D eigenvalue weighted by Gasteiger charge is -2.19. The van der Waals surface area contributed by atoms with E-state index < -0.39 is 19.9 Å². The molecule has 14 heteroatoms. The number of hydrogen-bond donors (Lipinski definition) is 3. The zero-order chi connectivity index (χ0) is 23.7. The lowest BCUT2D eigenvalue weighted by Crippen LogP contribution is -2.99. The van der Waals surface area contributed by atoms with E-state index in [9.17, 15) is 15.0 Å². The Kier molecular flexibility index (Phi) is 9.95. The lowest BCUT2D eigenvalue weighted by atomic mass is 10.2. The van der Waals surface area contributed by atoms with E-state index in [2.05, 4.69) is 10.4 Å². The maximum Gasteiger partial charge on any atom is 0.540 e. The van der Waals surface area contributed by atoms with E-state index in [1.807, 2.05) is 24.3 Å². The molecule has 2 unspecified atom stereocenters. The Balaban J connectivity index is 2.07. The van der Waals surface area contributed by atoms with Crippen LogP contribution in [0.4, 0.5) is 11.4 Å². The first-order valence-electron chi connectivity index (χ1n) is 9.10. The fourth-order valence-electron chi connectivity index (χ4n) is 2.33. The Morgan fingerprint density at radius 1 is 1.22 bits per heavy atom. The highest BCUT2D eigenvalue weighted by atomic mass is 32.4. The van der Waals surface area contributed by atoms with Gasteiger partial charge in [-0.3, -0.25) is 9.09 Å². The van der Waals surface area contributed by atoms with Gasteiger partial charge >= 0.3 is 14.7 Å². The summed E-state index contributed by atoms with van der Waals surface area (Å²) in [6.07, 6.45) is 1.43. The van der Waals surface area contributed by atoms with Gasteiger partial charge in [-0.2, -0.15) is 5.23 Å². The molecule has 2 rings (SSSR count). The summed E-state index contributed by atoms with van der Waals surface area (Å²) in [5.74, 6) is 1.01. The summed E-state index contributed by atoms with van der Waals surface area (Å²) >= 11 is 5.37. The molecule has 11 nitrogen and oxygen atoms in total. The Labute approximate surface area is 192 Å². The van der Waals surface area contributed by atoms with Crippen molar-refractivity contribution in [3.63, 3.8) is 0 Å². The van der Waals surface area contributed by atoms with Crippen molar-refractivity contribution in [1.82, 2.24) is 4.78 Å². The van der Waals surface area contributed by atoms with Crippen LogP contribution in [0.5, 0.6) is 11.5 Å². The van der Waals surface area contributed by atoms with Crippen molar-refractivity contribution in [3.8, 4) is 11.5 Å². The maximum absolute atomic E-state index is 12.2. The van der Waals surface area contributed by atoms with Crippen LogP contribution in [-0.2, 0) is 25.4 Å². The van der Waals surface area contributed by atoms with Gasteiger partial charge in [-0.05, 0) is 42.0 Å². The van der Waals surface area contributed by atoms with Gasteiger partial charge in [-0.25, -0.2) is 5.21 Å². The molecule has 0 amide bonds. The van der Waals surface area contributed by atoms with E-state index in [-0.39, 0.29) is 23.4 Å². The molecule has 2 aromatic carbocycles. The summed E-state index contributed by atoms with van der Waals surface area (Å²) in [5, 5.41) is 27.1. The minimum atomic E-state index is -3.36. The number of hydrogen-bond acceptors (Lipinski definition) is 10. The molecule has 0 bridgehead atoms. The van der Waals surface area contributed by atoms with Crippen LogP contribution in [0, 0.1) is 5.21 Å². The molecule has 0 heterocycles. The van der Waals surface area contributed by atoms with Crippen LogP contribution >= 0.6 is 14.7 Å². The quantitative estimate of drug-likeness (QED) is 0.226. The molecule has 0 saturated carbocycles. The van der Waals surface area contributed by atoms with Crippen LogP contribution in [0.2, 0.25) is 0 Å². The van der Waals surface area contributed by atoms with Gasteiger partial charge in [-0.15, -0.1) is 5.10 Å². The van der Waals surface area contributed by atoms with E-state index in [4.69, 9.17) is 30.1 Å². The van der Waals surface area contributed by atoms with E-state index >= 15 is 0 Å². The van der Waals surface area contributed by atoms with Crippen molar-refractivity contribution in [2.75, 3.05) is 40.0 Å². The van der Waals surface area contributed by atoms with E-state index in [1.165, 1.54) is 31.1 Å². The second-order valence-corrected chi connectivity index (χ2v) is 10.6. The minimum absolute atomic E-state index is 0.0796. The van der Waals surface area contributed by atoms with Crippen molar-refractivity contribution in [1.29, 1.82) is 0 Å². The van der Waals surface area contributed by atoms with Crippen LogP contribution < -0.4 is 19.8 Å². The van der Waals surface area contributed by atoms with Crippen LogP contribution in [-0.4, -0.2) is 50.9 Å². The third kappa shape index (κ3) is 7.47. The molecule has 0 aromatic heterocycles. The van der Waals surface area contributed by atoms with Gasteiger partial charge in [0, 0.05) is 14.2 Å². The average Bonchev–Trinajstić information content (AvgIpc) is 2.81. The highest BCUT2D eigenvalue weighted by Crippen LogP contribution is 2.46. The first-order chi connectivity index (χ1) is 15.2. The largest absolute Gasteiger partial charge is 0.595 e. The molecule has 0 saturated heterocycles. The van der Waals surface area contributed by atoms with Gasteiger partial charge < -0.3 is 24.3 Å². The molecule has 174 valence electrons. The number of benzene rings is 2. The summed E-state index contributed by atoms with van der Waals surface area (Å²) < 4.78 is 34.2. The summed E-state index contributed by atoms with van der Waals surface area (Å²) in [6.45, 7) is 0. The highest BCUT2D eigenvalue weighted by molar-refractivity contribution is 8.02. The molecular formula is C18H25N4O7P2S+. The fourth-order valence-corrected chi connectivity index (χ4v) is 4.03. The predicted molar refractivity (Wildman–Crippen MR) is 126 cm³/mol. The van der Waals surface area contributed by atoms with Crippen molar-refractivity contribution in [2.45, 2.75) is 0 Å². The van der Waals surface area contributed by atoms with Crippen molar-refractivity contribution < 1.29 is 33.3 Å². The lowest BCUT2D eigenvalue weighted by molar-refractivity contribution is -0.990. The molecule has 0 aliphatic carbocycles. The molecule has 0 fully saturated rings. The number of methoxy groups -OCH3 is 1. The molecule has 2 atom stereocenters. The number of nitrogens with one attached hydrogen (secondary N) is 2. The number of quaternary nitrogens is 1. The third-order valence-corrected chi connectivity index (χ3v) is 7.68. The molecule has 3 N–H and O–H groups in total. The fraction of sp³-hybridized carbons (Fsp3) is 0.278. The first kappa shape index (κ1) is 26.1. The van der Waals surface area contributed by atoms with Crippen LogP contribution in [0.1, 0.15) is 5.56 Å². The predicted octanol–water partition coefficient (Wildman–Crippen LogP) is 3.07. The smallest absolute Gasteiger partial charge is 0.540 e. The van der Waals surface area contributed by atoms with E-state index in [1.54, 1.807) is 26.4 Å². The van der Waals surface area contributed by atoms with Crippen molar-refractivity contribution in [2.24, 2.45) is 5.10 Å². The Morgan fingerprint density at radius 2 is 1.84 bits per heavy atom. The number of anilines is 1. The van der Waals surface area contributed by atoms with Gasteiger partial charge in [0.2, 0.25) is 11.8 Å². The standard InChI is InChI=1S/C18H25N4O7P2S/c1-21(20-12-14-5-7-15(26-2)8-6-14)30(32)29-16-9-10-17(18(11-16)22(23)24)19-13-31(25,27-3)28-4/h5-12,19,22-23H,13H2,1-4H3/q+1/b20-12-. The third-order valence-electron chi connectivity index (χ3n) is 4.15. The Morgan fingerprint density at radius 3 is 2.41 bits per heavy atom. The number of ether oxygens (including phenoxy) is 1. The molecule has 32 heavy (non-hydrogen) atoms. The molecular weight excluding hydrogens is 478 g/mol. The zero-order valence-corrected chi connectivity index (χ0v) is 20.5.